The van der Waals surface area contributed by atoms with Crippen LogP contribution in [0, 0.1) is 0 Å². The molecule has 1 N–H and O–H groups in total. The highest BCUT2D eigenvalue weighted by Crippen LogP contribution is 2.43. The van der Waals surface area contributed by atoms with Gasteiger partial charge in [-0.15, -0.1) is 0 Å². The van der Waals surface area contributed by atoms with Crippen LogP contribution in [0.5, 0.6) is 5.75 Å². The van der Waals surface area contributed by atoms with E-state index in [1.165, 1.54) is 0 Å². The summed E-state index contributed by atoms with van der Waals surface area (Å²) < 4.78 is 11.1. The average molecular weight is 562 g/mol. The Morgan fingerprint density at radius 1 is 1.05 bits per heavy atom. The second-order valence-corrected chi connectivity index (χ2v) is 10.5. The van der Waals surface area contributed by atoms with Gasteiger partial charge in [0.1, 0.15) is 5.75 Å². The molecular formula is C30H28ClN3O4S. The number of amides is 1. The summed E-state index contributed by atoms with van der Waals surface area (Å²) >= 11 is 7.59. The lowest BCUT2D eigenvalue weighted by Gasteiger charge is -2.41. The van der Waals surface area contributed by atoms with Crippen LogP contribution >= 0.6 is 23.4 Å². The van der Waals surface area contributed by atoms with Gasteiger partial charge in [0, 0.05) is 28.6 Å². The van der Waals surface area contributed by atoms with E-state index in [1.807, 2.05) is 54.6 Å². The monoisotopic (exact) mass is 561 g/mol. The van der Waals surface area contributed by atoms with Crippen LogP contribution in [-0.2, 0) is 14.3 Å². The zero-order valence-electron chi connectivity index (χ0n) is 21.4. The molecule has 200 valence electrons. The number of fused-ring (bicyclic) bond motifs is 1. The molecular weight excluding hydrogens is 534 g/mol. The molecule has 0 aliphatic carbocycles. The van der Waals surface area contributed by atoms with Crippen molar-refractivity contribution in [1.82, 2.24) is 4.90 Å². The van der Waals surface area contributed by atoms with Crippen molar-refractivity contribution in [2.45, 2.75) is 19.4 Å². The Hall–Kier alpha value is -3.75. The fourth-order valence-electron chi connectivity index (χ4n) is 4.56. The lowest BCUT2D eigenvalue weighted by molar-refractivity contribution is -0.139. The van der Waals surface area contributed by atoms with E-state index in [1.54, 1.807) is 43.0 Å². The fourth-order valence-corrected chi connectivity index (χ4v) is 5.66. The summed E-state index contributed by atoms with van der Waals surface area (Å²) in [6.45, 7) is 2.72. The number of benzene rings is 3. The van der Waals surface area contributed by atoms with Gasteiger partial charge in [0.15, 0.2) is 11.8 Å². The predicted molar refractivity (Wildman–Crippen MR) is 156 cm³/mol. The molecule has 0 bridgehead atoms. The van der Waals surface area contributed by atoms with Crippen molar-refractivity contribution in [1.29, 1.82) is 0 Å². The summed E-state index contributed by atoms with van der Waals surface area (Å²) in [6.07, 6.45) is 0.985. The average Bonchev–Trinajstić information content (AvgIpc) is 2.97. The number of halogens is 1. The first-order chi connectivity index (χ1) is 19.0. The summed E-state index contributed by atoms with van der Waals surface area (Å²) in [6, 6.07) is 23.8. The molecule has 1 unspecified atom stereocenters. The van der Waals surface area contributed by atoms with Crippen molar-refractivity contribution >= 4 is 51.8 Å². The fraction of sp³-hybridized carbons (Fsp3) is 0.233. The molecule has 1 saturated heterocycles. The quantitative estimate of drug-likeness (QED) is 0.331. The standard InChI is InChI=1S/C30H28ClN3O4S/c1-2-37-29(36)26-27(20-7-4-3-5-8-20)33-30-34(17-6-18-39-30)28(26)21-9-13-23(14-10-21)32-25(35)19-38-24-15-11-22(31)12-16-24/h3-5,7-16,28H,2,6,17-19H2,1H3,(H,32,35). The maximum atomic E-state index is 13.4. The van der Waals surface area contributed by atoms with Crippen molar-refractivity contribution in [2.75, 3.05) is 30.8 Å². The summed E-state index contributed by atoms with van der Waals surface area (Å²) in [5, 5.41) is 4.36. The maximum Gasteiger partial charge on any atom is 0.338 e. The highest BCUT2D eigenvalue weighted by Gasteiger charge is 2.39. The molecule has 1 atom stereocenters. The summed E-state index contributed by atoms with van der Waals surface area (Å²) in [7, 11) is 0. The number of nitrogens with one attached hydrogen (secondary N) is 1. The zero-order chi connectivity index (χ0) is 27.2. The number of amidine groups is 1. The molecule has 2 heterocycles. The smallest absolute Gasteiger partial charge is 0.338 e. The van der Waals surface area contributed by atoms with Crippen LogP contribution < -0.4 is 10.1 Å². The molecule has 0 spiro atoms. The molecule has 7 nitrogen and oxygen atoms in total. The molecule has 0 aromatic heterocycles. The first kappa shape index (κ1) is 26.8. The van der Waals surface area contributed by atoms with E-state index in [0.29, 0.717) is 27.7 Å². The Morgan fingerprint density at radius 2 is 1.79 bits per heavy atom. The molecule has 0 saturated carbocycles. The lowest BCUT2D eigenvalue weighted by Crippen LogP contribution is -2.42. The second kappa shape index (κ2) is 12.4. The first-order valence-corrected chi connectivity index (χ1v) is 14.1. The number of aliphatic imine (C=N–C) groups is 1. The van der Waals surface area contributed by atoms with Gasteiger partial charge < -0.3 is 19.7 Å². The SMILES string of the molecule is CCOC(=O)C1=C(c2ccccc2)N=C2SCCCN2C1c1ccc(NC(=O)COc2ccc(Cl)cc2)cc1. The van der Waals surface area contributed by atoms with Gasteiger partial charge in [0.2, 0.25) is 0 Å². The Morgan fingerprint density at radius 3 is 2.51 bits per heavy atom. The van der Waals surface area contributed by atoms with E-state index in [4.69, 9.17) is 26.1 Å². The zero-order valence-corrected chi connectivity index (χ0v) is 23.0. The van der Waals surface area contributed by atoms with Crippen molar-refractivity contribution < 1.29 is 19.1 Å². The third-order valence-corrected chi connectivity index (χ3v) is 7.63. The molecule has 0 radical (unpaired) electrons. The lowest BCUT2D eigenvalue weighted by atomic mass is 9.91. The topological polar surface area (TPSA) is 80.2 Å². The van der Waals surface area contributed by atoms with Crippen LogP contribution in [0.1, 0.15) is 30.5 Å². The summed E-state index contributed by atoms with van der Waals surface area (Å²) in [5.41, 5.74) is 3.57. The molecule has 3 aromatic carbocycles. The van der Waals surface area contributed by atoms with Crippen LogP contribution in [0.3, 0.4) is 0 Å². The van der Waals surface area contributed by atoms with Gasteiger partial charge >= 0.3 is 5.97 Å². The molecule has 39 heavy (non-hydrogen) atoms. The van der Waals surface area contributed by atoms with E-state index in [0.717, 1.165) is 35.0 Å². The number of carbonyl (C=O) groups is 2. The van der Waals surface area contributed by atoms with E-state index in [-0.39, 0.29) is 31.1 Å². The number of ether oxygens (including phenoxy) is 2. The third kappa shape index (κ3) is 6.29. The summed E-state index contributed by atoms with van der Waals surface area (Å²) in [5.74, 6) is 0.876. The highest BCUT2D eigenvalue weighted by atomic mass is 35.5. The predicted octanol–water partition coefficient (Wildman–Crippen LogP) is 6.18. The minimum Gasteiger partial charge on any atom is -0.484 e. The van der Waals surface area contributed by atoms with Crippen LogP contribution in [0.15, 0.2) is 89.4 Å². The van der Waals surface area contributed by atoms with Crippen molar-refractivity contribution in [2.24, 2.45) is 4.99 Å². The Bertz CT molecular complexity index is 1390. The number of thioether (sulfide) groups is 1. The molecule has 1 amide bonds. The minimum absolute atomic E-state index is 0.132. The molecule has 5 rings (SSSR count). The molecule has 2 aliphatic rings. The van der Waals surface area contributed by atoms with Gasteiger partial charge in [0.25, 0.3) is 5.91 Å². The third-order valence-electron chi connectivity index (χ3n) is 6.30. The largest absolute Gasteiger partial charge is 0.484 e. The van der Waals surface area contributed by atoms with Crippen LogP contribution in [-0.4, -0.2) is 47.5 Å². The summed E-state index contributed by atoms with van der Waals surface area (Å²) in [4.78, 5) is 33.0. The van der Waals surface area contributed by atoms with Gasteiger partial charge in [-0.25, -0.2) is 9.79 Å². The number of rotatable bonds is 8. The van der Waals surface area contributed by atoms with Crippen LogP contribution in [0.4, 0.5) is 5.69 Å². The van der Waals surface area contributed by atoms with E-state index >= 15 is 0 Å². The molecule has 3 aromatic rings. The first-order valence-electron chi connectivity index (χ1n) is 12.8. The van der Waals surface area contributed by atoms with Gasteiger partial charge in [0.05, 0.1) is 23.9 Å². The van der Waals surface area contributed by atoms with Crippen molar-refractivity contribution in [3.8, 4) is 5.75 Å². The van der Waals surface area contributed by atoms with Gasteiger partial charge in [-0.2, -0.15) is 0 Å². The number of anilines is 1. The normalized spacial score (nSPS) is 16.7. The maximum absolute atomic E-state index is 13.4. The van der Waals surface area contributed by atoms with Gasteiger partial charge in [-0.3, -0.25) is 4.79 Å². The Kier molecular flexibility index (Phi) is 8.54. The highest BCUT2D eigenvalue weighted by molar-refractivity contribution is 8.13. The second-order valence-electron chi connectivity index (χ2n) is 8.95. The van der Waals surface area contributed by atoms with Gasteiger partial charge in [-0.1, -0.05) is 65.8 Å². The number of carbonyl (C=O) groups excluding carboxylic acids is 2. The minimum atomic E-state index is -0.378. The Labute approximate surface area is 236 Å². The number of hydrogen-bond donors (Lipinski definition) is 1. The molecule has 9 heteroatoms. The van der Waals surface area contributed by atoms with Crippen molar-refractivity contribution in [3.63, 3.8) is 0 Å². The van der Waals surface area contributed by atoms with Crippen LogP contribution in [0.2, 0.25) is 5.02 Å². The van der Waals surface area contributed by atoms with E-state index < -0.39 is 0 Å². The van der Waals surface area contributed by atoms with E-state index in [9.17, 15) is 9.59 Å². The van der Waals surface area contributed by atoms with Gasteiger partial charge in [-0.05, 0) is 55.3 Å². The number of nitrogens with zero attached hydrogens (tertiary/aromatic N) is 2. The molecule has 1 fully saturated rings. The number of esters is 1. The van der Waals surface area contributed by atoms with Crippen molar-refractivity contribution in [3.05, 3.63) is 101 Å². The molecule has 2 aliphatic heterocycles. The van der Waals surface area contributed by atoms with E-state index in [2.05, 4.69) is 10.2 Å². The Balaban J connectivity index is 1.41. The van der Waals surface area contributed by atoms with Crippen LogP contribution in [0.25, 0.3) is 5.70 Å². The number of hydrogen-bond acceptors (Lipinski definition) is 7.